The molecule has 20 heavy (non-hydrogen) atoms. The molecule has 2 aliphatic carbocycles. The minimum atomic E-state index is -0.0160. The minimum absolute atomic E-state index is 0.0160. The molecule has 1 aromatic rings. The predicted octanol–water partition coefficient (Wildman–Crippen LogP) is 3.21. The number of hydrogen-bond donors (Lipinski definition) is 3. The van der Waals surface area contributed by atoms with Crippen molar-refractivity contribution in [3.8, 4) is 0 Å². The van der Waals surface area contributed by atoms with Gasteiger partial charge in [-0.15, -0.1) is 11.3 Å². The van der Waals surface area contributed by atoms with Crippen molar-refractivity contribution in [3.05, 3.63) is 10.9 Å². The van der Waals surface area contributed by atoms with Gasteiger partial charge in [-0.2, -0.15) is 0 Å². The van der Waals surface area contributed by atoms with Crippen LogP contribution in [0.3, 0.4) is 0 Å². The fourth-order valence-electron chi connectivity index (χ4n) is 2.65. The number of carbonyl (C=O) groups is 1. The number of anilines is 2. The molecular weight excluding hydrogens is 270 g/mol. The molecule has 2 saturated carbocycles. The van der Waals surface area contributed by atoms with E-state index in [9.17, 15) is 4.79 Å². The SMILES string of the molecule is CCCC1(CNc2cc(N)c(C(=O)NC3CC3)s2)CC1. The van der Waals surface area contributed by atoms with Crippen LogP contribution in [0.4, 0.5) is 10.7 Å². The van der Waals surface area contributed by atoms with Crippen molar-refractivity contribution in [2.75, 3.05) is 17.6 Å². The van der Waals surface area contributed by atoms with Gasteiger partial charge in [0.15, 0.2) is 0 Å². The van der Waals surface area contributed by atoms with E-state index in [0.717, 1.165) is 24.4 Å². The van der Waals surface area contributed by atoms with Gasteiger partial charge in [0.2, 0.25) is 0 Å². The van der Waals surface area contributed by atoms with Gasteiger partial charge >= 0.3 is 0 Å². The summed E-state index contributed by atoms with van der Waals surface area (Å²) in [6, 6.07) is 2.27. The quantitative estimate of drug-likeness (QED) is 0.723. The number of hydrogen-bond acceptors (Lipinski definition) is 4. The van der Waals surface area contributed by atoms with Crippen LogP contribution in [-0.2, 0) is 0 Å². The second-order valence-corrected chi connectivity index (χ2v) is 7.30. The average molecular weight is 293 g/mol. The maximum atomic E-state index is 12.0. The Hall–Kier alpha value is -1.23. The maximum Gasteiger partial charge on any atom is 0.263 e. The number of nitrogens with two attached hydrogens (primary N) is 1. The summed E-state index contributed by atoms with van der Waals surface area (Å²) in [5.74, 6) is -0.0160. The van der Waals surface area contributed by atoms with Gasteiger partial charge in [-0.3, -0.25) is 4.79 Å². The second kappa shape index (κ2) is 5.28. The smallest absolute Gasteiger partial charge is 0.263 e. The van der Waals surface area contributed by atoms with E-state index in [1.807, 2.05) is 6.07 Å². The highest BCUT2D eigenvalue weighted by Crippen LogP contribution is 2.49. The molecule has 0 aliphatic heterocycles. The van der Waals surface area contributed by atoms with E-state index in [4.69, 9.17) is 5.73 Å². The Balaban J connectivity index is 1.58. The van der Waals surface area contributed by atoms with Crippen molar-refractivity contribution in [2.45, 2.75) is 51.5 Å². The molecule has 5 heteroatoms. The summed E-state index contributed by atoms with van der Waals surface area (Å²) in [6.45, 7) is 3.24. The molecule has 4 nitrogen and oxygen atoms in total. The average Bonchev–Trinajstić information content (AvgIpc) is 3.31. The molecule has 1 aromatic heterocycles. The summed E-state index contributed by atoms with van der Waals surface area (Å²) < 4.78 is 0. The van der Waals surface area contributed by atoms with Gasteiger partial charge in [-0.05, 0) is 43.6 Å². The largest absolute Gasteiger partial charge is 0.397 e. The Morgan fingerprint density at radius 2 is 2.25 bits per heavy atom. The van der Waals surface area contributed by atoms with Crippen LogP contribution in [0.5, 0.6) is 0 Å². The van der Waals surface area contributed by atoms with Crippen molar-refractivity contribution >= 4 is 27.9 Å². The molecule has 4 N–H and O–H groups in total. The number of nitrogens with one attached hydrogen (secondary N) is 2. The van der Waals surface area contributed by atoms with Crippen LogP contribution in [0, 0.1) is 5.41 Å². The molecule has 0 spiro atoms. The summed E-state index contributed by atoms with van der Waals surface area (Å²) in [6.07, 6.45) is 7.37. The van der Waals surface area contributed by atoms with Gasteiger partial charge in [-0.1, -0.05) is 13.3 Å². The van der Waals surface area contributed by atoms with E-state index in [0.29, 0.717) is 22.0 Å². The highest BCUT2D eigenvalue weighted by atomic mass is 32.1. The van der Waals surface area contributed by atoms with E-state index in [1.165, 1.54) is 37.0 Å². The number of thiophene rings is 1. The van der Waals surface area contributed by atoms with Gasteiger partial charge in [0, 0.05) is 12.6 Å². The maximum absolute atomic E-state index is 12.0. The highest BCUT2D eigenvalue weighted by Gasteiger charge is 2.41. The summed E-state index contributed by atoms with van der Waals surface area (Å²) >= 11 is 1.48. The molecule has 110 valence electrons. The van der Waals surface area contributed by atoms with Gasteiger partial charge in [0.1, 0.15) is 4.88 Å². The van der Waals surface area contributed by atoms with Crippen molar-refractivity contribution in [3.63, 3.8) is 0 Å². The van der Waals surface area contributed by atoms with Crippen LogP contribution in [0.15, 0.2) is 6.07 Å². The van der Waals surface area contributed by atoms with Crippen molar-refractivity contribution in [2.24, 2.45) is 5.41 Å². The molecule has 2 aliphatic rings. The fourth-order valence-corrected chi connectivity index (χ4v) is 3.52. The fraction of sp³-hybridized carbons (Fsp3) is 0.667. The van der Waals surface area contributed by atoms with Crippen LogP contribution in [0.2, 0.25) is 0 Å². The zero-order chi connectivity index (χ0) is 14.2. The number of rotatable bonds is 7. The molecular formula is C15H23N3OS. The zero-order valence-electron chi connectivity index (χ0n) is 12.0. The highest BCUT2D eigenvalue weighted by molar-refractivity contribution is 7.18. The first-order valence-corrected chi connectivity index (χ1v) is 8.37. The predicted molar refractivity (Wildman–Crippen MR) is 84.3 cm³/mol. The van der Waals surface area contributed by atoms with Crippen molar-refractivity contribution in [1.29, 1.82) is 0 Å². The van der Waals surface area contributed by atoms with Gasteiger partial charge in [0.25, 0.3) is 5.91 Å². The lowest BCUT2D eigenvalue weighted by Crippen LogP contribution is -2.25. The first-order valence-electron chi connectivity index (χ1n) is 7.56. The van der Waals surface area contributed by atoms with E-state index < -0.39 is 0 Å². The molecule has 1 amide bonds. The first kappa shape index (κ1) is 13.7. The third kappa shape index (κ3) is 3.08. The van der Waals surface area contributed by atoms with E-state index in [2.05, 4.69) is 17.6 Å². The Kier molecular flexibility index (Phi) is 3.63. The van der Waals surface area contributed by atoms with Gasteiger partial charge < -0.3 is 16.4 Å². The Labute approximate surface area is 124 Å². The Morgan fingerprint density at radius 1 is 1.50 bits per heavy atom. The second-order valence-electron chi connectivity index (χ2n) is 6.25. The summed E-state index contributed by atoms with van der Waals surface area (Å²) in [5, 5.41) is 7.49. The van der Waals surface area contributed by atoms with Crippen LogP contribution in [0.1, 0.15) is 55.1 Å². The number of nitrogen functional groups attached to an aromatic ring is 1. The van der Waals surface area contributed by atoms with Crippen LogP contribution >= 0.6 is 11.3 Å². The lowest BCUT2D eigenvalue weighted by atomic mass is 10.0. The molecule has 0 aromatic carbocycles. The number of carbonyl (C=O) groups excluding carboxylic acids is 1. The van der Waals surface area contributed by atoms with Crippen LogP contribution < -0.4 is 16.4 Å². The topological polar surface area (TPSA) is 67.1 Å². The van der Waals surface area contributed by atoms with Crippen LogP contribution in [0.25, 0.3) is 0 Å². The minimum Gasteiger partial charge on any atom is -0.397 e. The zero-order valence-corrected chi connectivity index (χ0v) is 12.8. The van der Waals surface area contributed by atoms with Gasteiger partial charge in [0.05, 0.1) is 10.7 Å². The molecule has 0 bridgehead atoms. The molecule has 0 radical (unpaired) electrons. The third-order valence-corrected chi connectivity index (χ3v) is 5.36. The number of amides is 1. The normalized spacial score (nSPS) is 19.6. The van der Waals surface area contributed by atoms with E-state index in [1.54, 1.807) is 0 Å². The van der Waals surface area contributed by atoms with Crippen molar-refractivity contribution in [1.82, 2.24) is 5.32 Å². The molecule has 0 saturated heterocycles. The molecule has 3 rings (SSSR count). The summed E-state index contributed by atoms with van der Waals surface area (Å²) in [4.78, 5) is 12.7. The first-order chi connectivity index (χ1) is 9.62. The Bertz CT molecular complexity index is 503. The summed E-state index contributed by atoms with van der Waals surface area (Å²) in [5.41, 5.74) is 7.06. The van der Waals surface area contributed by atoms with E-state index in [-0.39, 0.29) is 5.91 Å². The standard InChI is InChI=1S/C15H23N3OS/c1-2-5-15(6-7-15)9-17-12-8-11(16)13(20-12)14(19)18-10-3-4-10/h8,10,17H,2-7,9,16H2,1H3,(H,18,19). The van der Waals surface area contributed by atoms with E-state index >= 15 is 0 Å². The molecule has 0 unspecified atom stereocenters. The Morgan fingerprint density at radius 3 is 2.85 bits per heavy atom. The van der Waals surface area contributed by atoms with Crippen LogP contribution in [-0.4, -0.2) is 18.5 Å². The summed E-state index contributed by atoms with van der Waals surface area (Å²) in [7, 11) is 0. The van der Waals surface area contributed by atoms with Gasteiger partial charge in [-0.25, -0.2) is 0 Å². The molecule has 2 fully saturated rings. The molecule has 1 heterocycles. The lowest BCUT2D eigenvalue weighted by molar-refractivity contribution is 0.0956. The lowest BCUT2D eigenvalue weighted by Gasteiger charge is -2.14. The molecule has 0 atom stereocenters. The van der Waals surface area contributed by atoms with Crippen molar-refractivity contribution < 1.29 is 4.79 Å². The monoisotopic (exact) mass is 293 g/mol. The third-order valence-electron chi connectivity index (χ3n) is 4.25.